The number of aromatic hydroxyl groups is 1. The Kier molecular flexibility index (Phi) is 15.9. The first-order chi connectivity index (χ1) is 24.6. The zero-order chi connectivity index (χ0) is 38.6. The number of fused-ring (bicyclic) bond motifs is 1. The zero-order valence-electron chi connectivity index (χ0n) is 29.6. The molecule has 0 spiro atoms. The molecule has 1 aromatic heterocycles. The van der Waals surface area contributed by atoms with Gasteiger partial charge in [0.1, 0.15) is 22.9 Å². The van der Waals surface area contributed by atoms with Crippen LogP contribution in [0.3, 0.4) is 0 Å². The van der Waals surface area contributed by atoms with Crippen LogP contribution in [0.4, 0.5) is 18.4 Å². The van der Waals surface area contributed by atoms with Crippen molar-refractivity contribution in [3.8, 4) is 5.75 Å². The molecule has 2 aromatic rings. The first-order valence-electron chi connectivity index (χ1n) is 16.1. The number of carbonyl (C=O) groups is 4. The molecule has 1 aliphatic rings. The van der Waals surface area contributed by atoms with E-state index in [-0.39, 0.29) is 50.1 Å². The van der Waals surface area contributed by atoms with Crippen LogP contribution in [0, 0.1) is 17.0 Å². The van der Waals surface area contributed by atoms with Gasteiger partial charge < -0.3 is 43.4 Å². The van der Waals surface area contributed by atoms with Crippen LogP contribution in [0.5, 0.6) is 5.75 Å². The van der Waals surface area contributed by atoms with E-state index in [1.54, 1.807) is 34.6 Å². The number of pyridine rings is 1. The van der Waals surface area contributed by atoms with Gasteiger partial charge in [-0.05, 0) is 47.1 Å². The molecule has 16 nitrogen and oxygen atoms in total. The van der Waals surface area contributed by atoms with Gasteiger partial charge in [0.15, 0.2) is 19.9 Å². The smallest absolute Gasteiger partial charge is 0.503 e. The first kappa shape index (κ1) is 42.2. The molecule has 2 unspecified atom stereocenters. The van der Waals surface area contributed by atoms with E-state index in [1.165, 1.54) is 11.7 Å². The van der Waals surface area contributed by atoms with Gasteiger partial charge in [0.05, 0.1) is 36.9 Å². The largest absolute Gasteiger partial charge is 0.510 e. The number of nitrogens with one attached hydrogen (secondary N) is 1. The average Bonchev–Trinajstić information content (AvgIpc) is 3.06. The minimum Gasteiger partial charge on any atom is -0.503 e. The van der Waals surface area contributed by atoms with Gasteiger partial charge >= 0.3 is 12.3 Å². The van der Waals surface area contributed by atoms with Gasteiger partial charge in [-0.3, -0.25) is 23.4 Å². The number of rotatable bonds is 18. The number of methoxy groups -OCH3 is 1. The van der Waals surface area contributed by atoms with Crippen molar-refractivity contribution in [2.45, 2.75) is 72.4 Å². The molecule has 2 N–H and O–H groups in total. The second-order valence-corrected chi connectivity index (χ2v) is 13.8. The van der Waals surface area contributed by atoms with Crippen molar-refractivity contribution in [2.24, 2.45) is 5.41 Å². The van der Waals surface area contributed by atoms with Crippen LogP contribution in [0.2, 0.25) is 0 Å². The normalized spacial score (nSPS) is 16.9. The molecule has 0 radical (unpaired) electrons. The van der Waals surface area contributed by atoms with Crippen molar-refractivity contribution < 1.29 is 70.5 Å². The fraction of sp³-hybridized carbons (Fsp3) is 0.545. The number of aromatic nitrogens is 1. The molecule has 1 amide bonds. The molecule has 0 saturated heterocycles. The Labute approximate surface area is 299 Å². The third-order valence-electron chi connectivity index (χ3n) is 7.64. The third kappa shape index (κ3) is 11.6. The Morgan fingerprint density at radius 1 is 1.02 bits per heavy atom. The molecule has 0 aliphatic carbocycles. The van der Waals surface area contributed by atoms with Crippen molar-refractivity contribution in [1.29, 1.82) is 0 Å². The molecule has 0 bridgehead atoms. The number of halogens is 2. The van der Waals surface area contributed by atoms with Gasteiger partial charge in [-0.25, -0.2) is 18.4 Å². The number of amides is 1. The molecule has 288 valence electrons. The fourth-order valence-corrected chi connectivity index (χ4v) is 5.90. The predicted octanol–water partition coefficient (Wildman–Crippen LogP) is 4.77. The molecule has 1 aliphatic heterocycles. The van der Waals surface area contributed by atoms with Gasteiger partial charge in [0.2, 0.25) is 19.0 Å². The number of hydrogen-bond acceptors (Lipinski definition) is 14. The summed E-state index contributed by atoms with van der Waals surface area (Å²) in [6.07, 6.45) is -2.19. The number of nitrogens with zero attached hydrogens (tertiary/aromatic N) is 1. The minimum absolute atomic E-state index is 0.00509. The summed E-state index contributed by atoms with van der Waals surface area (Å²) in [7, 11) is -0.433. The van der Waals surface area contributed by atoms with E-state index < -0.39 is 98.1 Å². The summed E-state index contributed by atoms with van der Waals surface area (Å²) in [5, 5.41) is 13.2. The summed E-state index contributed by atoms with van der Waals surface area (Å²) in [6, 6.07) is 2.81. The van der Waals surface area contributed by atoms with E-state index in [1.807, 2.05) is 0 Å². The predicted molar refractivity (Wildman–Crippen MR) is 178 cm³/mol. The molecule has 0 saturated carbocycles. The van der Waals surface area contributed by atoms with Gasteiger partial charge in [-0.1, -0.05) is 6.07 Å². The van der Waals surface area contributed by atoms with Crippen LogP contribution >= 0.6 is 8.38 Å². The molecule has 1 aromatic carbocycles. The van der Waals surface area contributed by atoms with E-state index in [0.717, 1.165) is 18.3 Å². The summed E-state index contributed by atoms with van der Waals surface area (Å²) in [5.74, 6) is -4.20. The average molecular weight is 761 g/mol. The number of Topliss-reactive ketones (excluding diaryl/α,β-unsaturated/α-hetero) is 1. The fourth-order valence-electron chi connectivity index (χ4n) is 4.95. The molecule has 19 heteroatoms. The number of ketones is 1. The number of ether oxygens (including phenoxy) is 6. The van der Waals surface area contributed by atoms with E-state index >= 15 is 0 Å². The SMILES string of the molecule is COC1Cn2cc(C(=O)NCc3ccc(F)cc3F)c(=O)c(O)c2C(=O)C1(C)CCOCCP(OCOC(=O)OC(C)C)OCOC(=O)OC(C)C. The van der Waals surface area contributed by atoms with Crippen molar-refractivity contribution in [1.82, 2.24) is 9.88 Å². The van der Waals surface area contributed by atoms with Crippen molar-refractivity contribution in [3.63, 3.8) is 0 Å². The highest BCUT2D eigenvalue weighted by Gasteiger charge is 2.48. The summed E-state index contributed by atoms with van der Waals surface area (Å²) in [4.78, 5) is 63.1. The Hall–Kier alpha value is -4.22. The Morgan fingerprint density at radius 3 is 2.19 bits per heavy atom. The Balaban J connectivity index is 1.63. The minimum atomic E-state index is -1.82. The summed E-state index contributed by atoms with van der Waals surface area (Å²) in [6.45, 7) is 6.76. The van der Waals surface area contributed by atoms with Gasteiger partial charge in [-0.15, -0.1) is 0 Å². The third-order valence-corrected chi connectivity index (χ3v) is 8.98. The quantitative estimate of drug-likeness (QED) is 0.0912. The first-order valence-corrected chi connectivity index (χ1v) is 17.5. The van der Waals surface area contributed by atoms with Crippen molar-refractivity contribution in [3.05, 3.63) is 63.1 Å². The molecule has 52 heavy (non-hydrogen) atoms. The molecule has 2 atom stereocenters. The standard InChI is InChI=1S/C33H43F2N2O14P/c1-19(2)50-31(42)46-17-48-52(49-18-47-32(43)51-20(3)4)12-11-45-10-9-33(5)25(44-6)16-37-15-23(27(38)28(39)26(37)29(33)40)30(41)36-14-21-7-8-22(34)13-24(21)35/h7-8,13,15,19-20,25,39H,9-12,14,16-18H2,1-6H3,(H,36,41). The lowest BCUT2D eigenvalue weighted by atomic mass is 9.73. The van der Waals surface area contributed by atoms with Gasteiger partial charge in [-0.2, -0.15) is 0 Å². The van der Waals surface area contributed by atoms with E-state index in [4.69, 9.17) is 37.5 Å². The van der Waals surface area contributed by atoms with Gasteiger partial charge in [0, 0.05) is 44.3 Å². The van der Waals surface area contributed by atoms with Crippen LogP contribution in [-0.4, -0.2) is 92.1 Å². The lowest BCUT2D eigenvalue weighted by molar-refractivity contribution is -0.0303. The van der Waals surface area contributed by atoms with Crippen LogP contribution in [-0.2, 0) is 50.6 Å². The van der Waals surface area contributed by atoms with Crippen molar-refractivity contribution >= 4 is 32.4 Å². The molecule has 0 fully saturated rings. The monoisotopic (exact) mass is 760 g/mol. The number of benzene rings is 1. The number of carbonyl (C=O) groups excluding carboxylic acids is 4. The van der Waals surface area contributed by atoms with Crippen molar-refractivity contribution in [2.75, 3.05) is 40.1 Å². The lowest BCUT2D eigenvalue weighted by Gasteiger charge is -2.40. The summed E-state index contributed by atoms with van der Waals surface area (Å²) >= 11 is 0. The maximum atomic E-state index is 14.0. The Bertz CT molecular complexity index is 1610. The number of hydrogen-bond donors (Lipinski definition) is 2. The molecule has 3 rings (SSSR count). The maximum Gasteiger partial charge on any atom is 0.510 e. The van der Waals surface area contributed by atoms with E-state index in [9.17, 15) is 37.9 Å². The lowest BCUT2D eigenvalue weighted by Crippen LogP contribution is -2.50. The molecular weight excluding hydrogens is 717 g/mol. The van der Waals surface area contributed by atoms with Gasteiger partial charge in [0.25, 0.3) is 5.91 Å². The highest BCUT2D eigenvalue weighted by Crippen LogP contribution is 2.40. The van der Waals surface area contributed by atoms with Crippen LogP contribution in [0.15, 0.2) is 29.2 Å². The van der Waals surface area contributed by atoms with Crippen LogP contribution < -0.4 is 10.7 Å². The Morgan fingerprint density at radius 2 is 1.63 bits per heavy atom. The molecule has 2 heterocycles. The van der Waals surface area contributed by atoms with Crippen LogP contribution in [0.1, 0.15) is 67.4 Å². The second kappa shape index (κ2) is 19.6. The van der Waals surface area contributed by atoms with E-state index in [2.05, 4.69) is 5.32 Å². The summed E-state index contributed by atoms with van der Waals surface area (Å²) < 4.78 is 70.3. The zero-order valence-corrected chi connectivity index (χ0v) is 30.5. The highest BCUT2D eigenvalue weighted by molar-refractivity contribution is 7.47. The topological polar surface area (TPSA) is 196 Å². The van der Waals surface area contributed by atoms with Crippen LogP contribution in [0.25, 0.3) is 0 Å². The summed E-state index contributed by atoms with van der Waals surface area (Å²) in [5.41, 5.74) is -3.24. The highest BCUT2D eigenvalue weighted by atomic mass is 31.2. The maximum absolute atomic E-state index is 14.0. The molecular formula is C33H43F2N2O14P. The second-order valence-electron chi connectivity index (χ2n) is 12.1. The van der Waals surface area contributed by atoms with E-state index in [0.29, 0.717) is 6.07 Å².